The molecule has 2 atom stereocenters. The highest BCUT2D eigenvalue weighted by atomic mass is 32.2. The molecule has 3 N–H and O–H groups in total. The first-order valence-electron chi connectivity index (χ1n) is 14.7. The Labute approximate surface area is 268 Å². The molecule has 1 aliphatic heterocycles. The summed E-state index contributed by atoms with van der Waals surface area (Å²) in [7, 11) is 0. The van der Waals surface area contributed by atoms with Gasteiger partial charge in [-0.05, 0) is 90.3 Å². The number of imidazole rings is 1. The van der Waals surface area contributed by atoms with Gasteiger partial charge in [0.25, 0.3) is 11.1 Å². The molecule has 7 rings (SSSR count). The number of aromatic amines is 1. The summed E-state index contributed by atoms with van der Waals surface area (Å²) in [6.45, 7) is 1.91. The van der Waals surface area contributed by atoms with Crippen molar-refractivity contribution in [2.75, 3.05) is 5.32 Å². The fourth-order valence-electron chi connectivity index (χ4n) is 5.25. The molecule has 9 nitrogen and oxygen atoms in total. The maximum absolute atomic E-state index is 12.8. The minimum atomic E-state index is -0.406. The largest absolute Gasteiger partial charge is 0.483 e. The number of nitrogens with one attached hydrogen (secondary N) is 3. The average molecular weight is 629 g/mol. The van der Waals surface area contributed by atoms with E-state index in [2.05, 4.69) is 20.6 Å². The van der Waals surface area contributed by atoms with Crippen molar-refractivity contribution in [3.63, 3.8) is 0 Å². The van der Waals surface area contributed by atoms with Crippen LogP contribution in [0.1, 0.15) is 34.8 Å². The lowest BCUT2D eigenvalue weighted by atomic mass is 10.1. The van der Waals surface area contributed by atoms with Crippen LogP contribution in [-0.2, 0) is 11.2 Å². The minimum absolute atomic E-state index is 0.178. The fraction of sp³-hybridized carbons (Fsp3) is 0.111. The highest BCUT2D eigenvalue weighted by Crippen LogP contribution is 2.29. The molecular formula is C36H28N4O5S. The zero-order valence-electron chi connectivity index (χ0n) is 24.7. The van der Waals surface area contributed by atoms with Crippen LogP contribution in [0.3, 0.4) is 0 Å². The van der Waals surface area contributed by atoms with Gasteiger partial charge in [-0.1, -0.05) is 54.2 Å². The lowest BCUT2D eigenvalue weighted by Gasteiger charge is -2.13. The minimum Gasteiger partial charge on any atom is -0.483 e. The summed E-state index contributed by atoms with van der Waals surface area (Å²) in [6.07, 6.45) is 0.118. The highest BCUT2D eigenvalue weighted by molar-refractivity contribution is 8.15. The summed E-state index contributed by atoms with van der Waals surface area (Å²) in [4.78, 5) is 44.1. The van der Waals surface area contributed by atoms with Gasteiger partial charge in [0.1, 0.15) is 23.1 Å². The van der Waals surface area contributed by atoms with Gasteiger partial charge in [0.2, 0.25) is 5.91 Å². The molecule has 0 radical (unpaired) electrons. The molecule has 0 bridgehead atoms. The number of amides is 3. The number of hydrogen-bond acceptors (Lipinski definition) is 7. The molecule has 1 fully saturated rings. The van der Waals surface area contributed by atoms with Crippen LogP contribution in [0.2, 0.25) is 0 Å². The second-order valence-corrected chi connectivity index (χ2v) is 12.1. The van der Waals surface area contributed by atoms with Gasteiger partial charge in [-0.2, -0.15) is 0 Å². The molecule has 6 aromatic rings. The third kappa shape index (κ3) is 6.43. The molecule has 3 amide bonds. The number of thioether (sulfide) groups is 1. The molecule has 1 aliphatic rings. The molecule has 0 aliphatic carbocycles. The standard InChI is InChI=1S/C36H28N4O5S/c1-21(44-27-12-6-22(7-13-27)18-32-35(42)40-36(43)46-32)33-38-30-17-16-29(20-31(30)39-33)45-28-14-10-26(11-15-28)37-34(41)25-9-8-23-4-2-3-5-24(23)19-25/h2-17,19-21,32H,18H2,1H3,(H,37,41)(H,38,39)(H,40,42,43). The number of ether oxygens (including phenoxy) is 2. The summed E-state index contributed by atoms with van der Waals surface area (Å²) >= 11 is 1.02. The van der Waals surface area contributed by atoms with Crippen LogP contribution in [-0.4, -0.2) is 32.3 Å². The van der Waals surface area contributed by atoms with E-state index in [1.165, 1.54) is 0 Å². The first-order chi connectivity index (χ1) is 22.4. The van der Waals surface area contributed by atoms with Gasteiger partial charge in [-0.15, -0.1) is 0 Å². The predicted molar refractivity (Wildman–Crippen MR) is 179 cm³/mol. The summed E-state index contributed by atoms with van der Waals surface area (Å²) in [5, 5.41) is 6.65. The third-order valence-electron chi connectivity index (χ3n) is 7.64. The van der Waals surface area contributed by atoms with E-state index in [9.17, 15) is 14.4 Å². The van der Waals surface area contributed by atoms with Crippen LogP contribution in [0.5, 0.6) is 17.2 Å². The van der Waals surface area contributed by atoms with Crippen LogP contribution in [0, 0.1) is 0 Å². The van der Waals surface area contributed by atoms with Crippen molar-refractivity contribution in [3.05, 3.63) is 126 Å². The number of nitrogens with zero attached hydrogens (tertiary/aromatic N) is 1. The molecule has 0 spiro atoms. The quantitative estimate of drug-likeness (QED) is 0.149. The molecular weight excluding hydrogens is 600 g/mol. The summed E-state index contributed by atoms with van der Waals surface area (Å²) in [5.41, 5.74) is 3.79. The number of hydrogen-bond donors (Lipinski definition) is 3. The second-order valence-electron chi connectivity index (χ2n) is 10.9. The molecule has 0 saturated carbocycles. The number of H-pyrrole nitrogens is 1. The van der Waals surface area contributed by atoms with Crippen molar-refractivity contribution in [1.29, 1.82) is 0 Å². The Morgan fingerprint density at radius 1 is 0.870 bits per heavy atom. The summed E-state index contributed by atoms with van der Waals surface area (Å²) in [6, 6.07) is 33.9. The van der Waals surface area contributed by atoms with Crippen LogP contribution in [0.4, 0.5) is 10.5 Å². The number of aromatic nitrogens is 2. The molecule has 1 aromatic heterocycles. The number of rotatable bonds is 9. The van der Waals surface area contributed by atoms with Crippen molar-refractivity contribution < 1.29 is 23.9 Å². The topological polar surface area (TPSA) is 122 Å². The fourth-order valence-corrected chi connectivity index (χ4v) is 6.11. The van der Waals surface area contributed by atoms with Crippen molar-refractivity contribution in [2.24, 2.45) is 0 Å². The van der Waals surface area contributed by atoms with Crippen molar-refractivity contribution in [3.8, 4) is 17.2 Å². The smallest absolute Gasteiger partial charge is 0.286 e. The van der Waals surface area contributed by atoms with Gasteiger partial charge >= 0.3 is 0 Å². The Hall–Kier alpha value is -5.61. The van der Waals surface area contributed by atoms with E-state index in [1.807, 2.05) is 91.9 Å². The van der Waals surface area contributed by atoms with Crippen LogP contribution in [0.15, 0.2) is 109 Å². The SMILES string of the molecule is CC(Oc1ccc(CC2SC(=O)NC2=O)cc1)c1nc2ccc(Oc3ccc(NC(=O)c4ccc5ccccc5c4)cc3)cc2[nH]1. The van der Waals surface area contributed by atoms with E-state index in [-0.39, 0.29) is 23.2 Å². The maximum atomic E-state index is 12.8. The lowest BCUT2D eigenvalue weighted by Crippen LogP contribution is -2.25. The Kier molecular flexibility index (Phi) is 7.86. The van der Waals surface area contributed by atoms with E-state index in [0.29, 0.717) is 40.7 Å². The molecule has 2 heterocycles. The second kappa shape index (κ2) is 12.4. The summed E-state index contributed by atoms with van der Waals surface area (Å²) < 4.78 is 12.2. The molecule has 10 heteroatoms. The average Bonchev–Trinajstić information content (AvgIpc) is 3.64. The maximum Gasteiger partial charge on any atom is 0.286 e. The normalized spacial score (nSPS) is 15.1. The lowest BCUT2D eigenvalue weighted by molar-refractivity contribution is -0.118. The Morgan fingerprint density at radius 3 is 2.37 bits per heavy atom. The molecule has 2 unspecified atom stereocenters. The first kappa shape index (κ1) is 29.1. The Morgan fingerprint density at radius 2 is 1.61 bits per heavy atom. The monoisotopic (exact) mass is 628 g/mol. The Bertz CT molecular complexity index is 2090. The van der Waals surface area contributed by atoms with Gasteiger partial charge in [0, 0.05) is 17.3 Å². The molecule has 46 heavy (non-hydrogen) atoms. The predicted octanol–water partition coefficient (Wildman–Crippen LogP) is 7.79. The van der Waals surface area contributed by atoms with Crippen LogP contribution >= 0.6 is 11.8 Å². The zero-order chi connectivity index (χ0) is 31.6. The number of fused-ring (bicyclic) bond motifs is 2. The van der Waals surface area contributed by atoms with Crippen molar-refractivity contribution >= 4 is 56.3 Å². The van der Waals surface area contributed by atoms with Crippen molar-refractivity contribution in [1.82, 2.24) is 15.3 Å². The van der Waals surface area contributed by atoms with E-state index < -0.39 is 5.25 Å². The number of carbonyl (C=O) groups excluding carboxylic acids is 3. The number of imide groups is 1. The van der Waals surface area contributed by atoms with Gasteiger partial charge < -0.3 is 19.8 Å². The molecule has 1 saturated heterocycles. The van der Waals surface area contributed by atoms with Gasteiger partial charge in [-0.3, -0.25) is 19.7 Å². The number of anilines is 1. The van der Waals surface area contributed by atoms with E-state index in [4.69, 9.17) is 9.47 Å². The first-order valence-corrected chi connectivity index (χ1v) is 15.6. The zero-order valence-corrected chi connectivity index (χ0v) is 25.5. The molecule has 5 aromatic carbocycles. The Balaban J connectivity index is 0.959. The van der Waals surface area contributed by atoms with Gasteiger partial charge in [0.15, 0.2) is 6.10 Å². The van der Waals surface area contributed by atoms with Gasteiger partial charge in [-0.25, -0.2) is 4.98 Å². The van der Waals surface area contributed by atoms with E-state index in [1.54, 1.807) is 24.3 Å². The molecule has 228 valence electrons. The third-order valence-corrected chi connectivity index (χ3v) is 8.62. The van der Waals surface area contributed by atoms with Crippen LogP contribution in [0.25, 0.3) is 21.8 Å². The number of carbonyl (C=O) groups is 3. The number of benzene rings is 5. The van der Waals surface area contributed by atoms with E-state index in [0.717, 1.165) is 39.1 Å². The van der Waals surface area contributed by atoms with Crippen LogP contribution < -0.4 is 20.1 Å². The summed E-state index contributed by atoms with van der Waals surface area (Å²) in [5.74, 6) is 2.16. The van der Waals surface area contributed by atoms with E-state index >= 15 is 0 Å². The highest BCUT2D eigenvalue weighted by Gasteiger charge is 2.31. The van der Waals surface area contributed by atoms with Crippen molar-refractivity contribution in [2.45, 2.75) is 24.7 Å². The van der Waals surface area contributed by atoms with Gasteiger partial charge in [0.05, 0.1) is 16.3 Å².